The lowest BCUT2D eigenvalue weighted by atomic mass is 10.1. The van der Waals surface area contributed by atoms with Crippen molar-refractivity contribution in [2.45, 2.75) is 45.1 Å². The van der Waals surface area contributed by atoms with Gasteiger partial charge in [-0.05, 0) is 49.4 Å². The molecule has 0 spiro atoms. The van der Waals surface area contributed by atoms with E-state index in [-0.39, 0.29) is 6.10 Å². The largest absolute Gasteiger partial charge is 0.497 e. The minimum absolute atomic E-state index is 0.142. The standard InChI is InChI=1S/C18H29NO2/c1-3-12-19-13-18(21-14-15-6-4-5-7-15)16-8-10-17(20-2)11-9-16/h8-11,15,18-19H,3-7,12-14H2,1-2H3. The van der Waals surface area contributed by atoms with Crippen molar-refractivity contribution in [2.24, 2.45) is 5.92 Å². The topological polar surface area (TPSA) is 30.5 Å². The fourth-order valence-corrected chi connectivity index (χ4v) is 2.93. The van der Waals surface area contributed by atoms with Crippen LogP contribution >= 0.6 is 0 Å². The van der Waals surface area contributed by atoms with E-state index in [1.165, 1.54) is 31.2 Å². The van der Waals surface area contributed by atoms with Gasteiger partial charge in [0.1, 0.15) is 5.75 Å². The van der Waals surface area contributed by atoms with E-state index in [1.54, 1.807) is 7.11 Å². The molecule has 21 heavy (non-hydrogen) atoms. The second-order valence-electron chi connectivity index (χ2n) is 5.95. The van der Waals surface area contributed by atoms with Crippen molar-refractivity contribution in [3.05, 3.63) is 29.8 Å². The van der Waals surface area contributed by atoms with Crippen molar-refractivity contribution in [2.75, 3.05) is 26.8 Å². The molecule has 0 heterocycles. The molecular weight excluding hydrogens is 262 g/mol. The molecule has 0 aliphatic heterocycles. The number of hydrogen-bond acceptors (Lipinski definition) is 3. The van der Waals surface area contributed by atoms with Crippen LogP contribution in [0.1, 0.15) is 50.7 Å². The Hall–Kier alpha value is -1.06. The molecule has 2 rings (SSSR count). The highest BCUT2D eigenvalue weighted by atomic mass is 16.5. The van der Waals surface area contributed by atoms with Gasteiger partial charge in [0.05, 0.1) is 19.8 Å². The van der Waals surface area contributed by atoms with Gasteiger partial charge in [-0.2, -0.15) is 0 Å². The van der Waals surface area contributed by atoms with Crippen LogP contribution in [-0.2, 0) is 4.74 Å². The molecule has 0 aromatic heterocycles. The molecule has 0 bridgehead atoms. The Bertz CT molecular complexity index is 385. The molecule has 1 aromatic carbocycles. The van der Waals surface area contributed by atoms with Gasteiger partial charge < -0.3 is 14.8 Å². The average molecular weight is 291 g/mol. The summed E-state index contributed by atoms with van der Waals surface area (Å²) in [7, 11) is 1.70. The molecule has 0 radical (unpaired) electrons. The molecule has 1 aliphatic carbocycles. The van der Waals surface area contributed by atoms with Crippen LogP contribution in [0.15, 0.2) is 24.3 Å². The number of hydrogen-bond donors (Lipinski definition) is 1. The Morgan fingerprint density at radius 3 is 2.52 bits per heavy atom. The Labute approximate surface area is 129 Å². The van der Waals surface area contributed by atoms with E-state index in [0.29, 0.717) is 0 Å². The van der Waals surface area contributed by atoms with E-state index in [9.17, 15) is 0 Å². The van der Waals surface area contributed by atoms with Gasteiger partial charge >= 0.3 is 0 Å². The van der Waals surface area contributed by atoms with Crippen LogP contribution < -0.4 is 10.1 Å². The van der Waals surface area contributed by atoms with Crippen LogP contribution in [-0.4, -0.2) is 26.8 Å². The van der Waals surface area contributed by atoms with E-state index in [0.717, 1.165) is 37.8 Å². The molecule has 3 nitrogen and oxygen atoms in total. The maximum Gasteiger partial charge on any atom is 0.118 e. The zero-order valence-corrected chi connectivity index (χ0v) is 13.4. The quantitative estimate of drug-likeness (QED) is 0.699. The van der Waals surface area contributed by atoms with Crippen LogP contribution in [0.5, 0.6) is 5.75 Å². The molecule has 1 fully saturated rings. The summed E-state index contributed by atoms with van der Waals surface area (Å²) in [5, 5.41) is 3.48. The van der Waals surface area contributed by atoms with Gasteiger partial charge in [0, 0.05) is 6.54 Å². The lowest BCUT2D eigenvalue weighted by Gasteiger charge is -2.21. The number of nitrogens with one attached hydrogen (secondary N) is 1. The van der Waals surface area contributed by atoms with Crippen molar-refractivity contribution in [3.63, 3.8) is 0 Å². The first-order valence-corrected chi connectivity index (χ1v) is 8.29. The molecule has 1 N–H and O–H groups in total. The smallest absolute Gasteiger partial charge is 0.118 e. The molecule has 1 atom stereocenters. The molecule has 0 saturated heterocycles. The zero-order chi connectivity index (χ0) is 14.9. The number of ether oxygens (including phenoxy) is 2. The van der Waals surface area contributed by atoms with Crippen LogP contribution in [0.2, 0.25) is 0 Å². The zero-order valence-electron chi connectivity index (χ0n) is 13.4. The summed E-state index contributed by atoms with van der Waals surface area (Å²) in [6.45, 7) is 5.01. The molecular formula is C18H29NO2. The predicted molar refractivity (Wildman–Crippen MR) is 86.8 cm³/mol. The molecule has 118 valence electrons. The fraction of sp³-hybridized carbons (Fsp3) is 0.667. The van der Waals surface area contributed by atoms with E-state index in [2.05, 4.69) is 24.4 Å². The minimum Gasteiger partial charge on any atom is -0.497 e. The first-order chi connectivity index (χ1) is 10.3. The van der Waals surface area contributed by atoms with Gasteiger partial charge in [-0.3, -0.25) is 0 Å². The molecule has 0 amide bonds. The third-order valence-electron chi connectivity index (χ3n) is 4.25. The normalized spacial score (nSPS) is 17.0. The van der Waals surface area contributed by atoms with Crippen LogP contribution in [0.4, 0.5) is 0 Å². The van der Waals surface area contributed by atoms with E-state index in [1.807, 2.05) is 12.1 Å². The summed E-state index contributed by atoms with van der Waals surface area (Å²) in [6.07, 6.45) is 6.70. The molecule has 1 aromatic rings. The second kappa shape index (κ2) is 9.06. The Morgan fingerprint density at radius 2 is 1.90 bits per heavy atom. The fourth-order valence-electron chi connectivity index (χ4n) is 2.93. The maximum atomic E-state index is 6.23. The SMILES string of the molecule is CCCNCC(OCC1CCCC1)c1ccc(OC)cc1. The summed E-state index contributed by atoms with van der Waals surface area (Å²) in [5.41, 5.74) is 1.23. The molecule has 1 aliphatic rings. The van der Waals surface area contributed by atoms with Crippen molar-refractivity contribution in [1.82, 2.24) is 5.32 Å². The molecule has 1 saturated carbocycles. The van der Waals surface area contributed by atoms with Crippen molar-refractivity contribution in [3.8, 4) is 5.75 Å². The first kappa shape index (κ1) is 16.3. The van der Waals surface area contributed by atoms with Crippen molar-refractivity contribution < 1.29 is 9.47 Å². The van der Waals surface area contributed by atoms with E-state index >= 15 is 0 Å². The monoisotopic (exact) mass is 291 g/mol. The van der Waals surface area contributed by atoms with Gasteiger partial charge in [-0.15, -0.1) is 0 Å². The first-order valence-electron chi connectivity index (χ1n) is 8.29. The van der Waals surface area contributed by atoms with Gasteiger partial charge in [0.15, 0.2) is 0 Å². The summed E-state index contributed by atoms with van der Waals surface area (Å²) in [5.74, 6) is 1.66. The van der Waals surface area contributed by atoms with Gasteiger partial charge in [-0.1, -0.05) is 31.9 Å². The van der Waals surface area contributed by atoms with Crippen LogP contribution in [0.3, 0.4) is 0 Å². The highest BCUT2D eigenvalue weighted by molar-refractivity contribution is 5.28. The number of rotatable bonds is 9. The lowest BCUT2D eigenvalue weighted by molar-refractivity contribution is 0.0296. The highest BCUT2D eigenvalue weighted by Crippen LogP contribution is 2.27. The highest BCUT2D eigenvalue weighted by Gasteiger charge is 2.18. The third kappa shape index (κ3) is 5.33. The lowest BCUT2D eigenvalue weighted by Crippen LogP contribution is -2.25. The molecule has 3 heteroatoms. The summed E-state index contributed by atoms with van der Waals surface area (Å²) in [6, 6.07) is 8.26. The van der Waals surface area contributed by atoms with Crippen molar-refractivity contribution >= 4 is 0 Å². The average Bonchev–Trinajstić information content (AvgIpc) is 3.04. The summed E-state index contributed by atoms with van der Waals surface area (Å²) < 4.78 is 11.5. The van der Waals surface area contributed by atoms with Gasteiger partial charge in [0.2, 0.25) is 0 Å². The third-order valence-corrected chi connectivity index (χ3v) is 4.25. The second-order valence-corrected chi connectivity index (χ2v) is 5.95. The number of methoxy groups -OCH3 is 1. The van der Waals surface area contributed by atoms with E-state index < -0.39 is 0 Å². The Morgan fingerprint density at radius 1 is 1.19 bits per heavy atom. The summed E-state index contributed by atoms with van der Waals surface area (Å²) >= 11 is 0. The summed E-state index contributed by atoms with van der Waals surface area (Å²) in [4.78, 5) is 0. The van der Waals surface area contributed by atoms with Crippen molar-refractivity contribution in [1.29, 1.82) is 0 Å². The van der Waals surface area contributed by atoms with Crippen LogP contribution in [0.25, 0.3) is 0 Å². The maximum absolute atomic E-state index is 6.23. The number of benzene rings is 1. The van der Waals surface area contributed by atoms with Gasteiger partial charge in [-0.25, -0.2) is 0 Å². The Balaban J connectivity index is 1.92. The van der Waals surface area contributed by atoms with Crippen LogP contribution in [0, 0.1) is 5.92 Å². The predicted octanol–water partition coefficient (Wildman–Crippen LogP) is 3.94. The molecule has 1 unspecified atom stereocenters. The minimum atomic E-state index is 0.142. The van der Waals surface area contributed by atoms with Gasteiger partial charge in [0.25, 0.3) is 0 Å². The Kier molecular flexibility index (Phi) is 7.04. The van der Waals surface area contributed by atoms with E-state index in [4.69, 9.17) is 9.47 Å².